The van der Waals surface area contributed by atoms with Gasteiger partial charge in [-0.15, -0.1) is 0 Å². The highest BCUT2D eigenvalue weighted by molar-refractivity contribution is 5.73. The van der Waals surface area contributed by atoms with Crippen LogP contribution in [0.5, 0.6) is 0 Å². The number of nitrogens with one attached hydrogen (secondary N) is 1. The third-order valence-corrected chi connectivity index (χ3v) is 4.37. The predicted molar refractivity (Wildman–Crippen MR) is 73.5 cm³/mol. The van der Waals surface area contributed by atoms with Gasteiger partial charge >= 0.3 is 0 Å². The zero-order valence-corrected chi connectivity index (χ0v) is 11.8. The smallest absolute Gasteiger partial charge is 0.217 e. The minimum absolute atomic E-state index is 0.120. The Kier molecular flexibility index (Phi) is 5.01. The van der Waals surface area contributed by atoms with Crippen LogP contribution >= 0.6 is 0 Å². The van der Waals surface area contributed by atoms with E-state index in [0.29, 0.717) is 6.04 Å². The topological polar surface area (TPSA) is 35.6 Å². The molecule has 1 saturated carbocycles. The molecule has 18 heavy (non-hydrogen) atoms. The molecule has 1 saturated heterocycles. The first-order chi connectivity index (χ1) is 8.65. The van der Waals surface area contributed by atoms with Crippen molar-refractivity contribution >= 4 is 5.91 Å². The van der Waals surface area contributed by atoms with Gasteiger partial charge in [-0.05, 0) is 52.2 Å². The van der Waals surface area contributed by atoms with Gasteiger partial charge in [-0.25, -0.2) is 0 Å². The second-order valence-electron chi connectivity index (χ2n) is 5.90. The molecule has 4 heteroatoms. The highest BCUT2D eigenvalue weighted by Crippen LogP contribution is 2.24. The molecule has 0 aromatic heterocycles. The Hall–Kier alpha value is -0.610. The number of hydrogen-bond donors (Lipinski definition) is 1. The third kappa shape index (κ3) is 3.95. The van der Waals surface area contributed by atoms with Crippen molar-refractivity contribution in [3.63, 3.8) is 0 Å². The van der Waals surface area contributed by atoms with Gasteiger partial charge in [0.1, 0.15) is 0 Å². The average Bonchev–Trinajstić information content (AvgIpc) is 2.54. The minimum Gasteiger partial charge on any atom is -0.354 e. The number of likely N-dealkylation sites (N-methyl/N-ethyl adjacent to an activating group) is 1. The zero-order valence-electron chi connectivity index (χ0n) is 11.8. The fraction of sp³-hybridized carbons (Fsp3) is 0.929. The van der Waals surface area contributed by atoms with Gasteiger partial charge in [0, 0.05) is 32.1 Å². The lowest BCUT2D eigenvalue weighted by Crippen LogP contribution is -2.44. The Morgan fingerprint density at radius 2 is 1.78 bits per heavy atom. The second-order valence-corrected chi connectivity index (χ2v) is 5.90. The zero-order chi connectivity index (χ0) is 13.0. The van der Waals surface area contributed by atoms with Crippen molar-refractivity contribution in [2.24, 2.45) is 0 Å². The van der Waals surface area contributed by atoms with Crippen molar-refractivity contribution in [1.82, 2.24) is 15.1 Å². The molecule has 0 radical (unpaired) electrons. The number of carbonyl (C=O) groups is 1. The summed E-state index contributed by atoms with van der Waals surface area (Å²) >= 11 is 0. The van der Waals surface area contributed by atoms with Gasteiger partial charge in [-0.2, -0.15) is 0 Å². The summed E-state index contributed by atoms with van der Waals surface area (Å²) in [6.07, 6.45) is 6.08. The lowest BCUT2D eigenvalue weighted by atomic mass is 9.90. The molecule has 0 bridgehead atoms. The summed E-state index contributed by atoms with van der Waals surface area (Å²) in [7, 11) is 2.22. The van der Waals surface area contributed by atoms with Gasteiger partial charge in [-0.1, -0.05) is 0 Å². The first-order valence-electron chi connectivity index (χ1n) is 7.35. The molecule has 2 rings (SSSR count). The van der Waals surface area contributed by atoms with Gasteiger partial charge in [-0.3, -0.25) is 9.69 Å². The molecule has 1 amide bonds. The molecule has 1 aliphatic heterocycles. The fourth-order valence-electron chi connectivity index (χ4n) is 3.30. The molecule has 1 aliphatic carbocycles. The van der Waals surface area contributed by atoms with Crippen LogP contribution in [-0.4, -0.2) is 61.0 Å². The molecule has 104 valence electrons. The first-order valence-corrected chi connectivity index (χ1v) is 7.35. The van der Waals surface area contributed by atoms with Crippen LogP contribution in [-0.2, 0) is 4.79 Å². The van der Waals surface area contributed by atoms with E-state index >= 15 is 0 Å². The SMILES string of the molecule is CC(=O)NC1CCC(N2CCCN(C)CC2)CC1. The minimum atomic E-state index is 0.120. The lowest BCUT2D eigenvalue weighted by molar-refractivity contribution is -0.119. The van der Waals surface area contributed by atoms with Crippen LogP contribution in [0.4, 0.5) is 0 Å². The standard InChI is InChI=1S/C14H27N3O/c1-12(18)15-13-4-6-14(7-5-13)17-9-3-8-16(2)10-11-17/h13-14H,3-11H2,1-2H3,(H,15,18). The molecule has 1 N–H and O–H groups in total. The Balaban J connectivity index is 1.76. The molecule has 0 atom stereocenters. The Morgan fingerprint density at radius 3 is 2.44 bits per heavy atom. The molecule has 0 unspecified atom stereocenters. The maximum Gasteiger partial charge on any atom is 0.217 e. The molecule has 0 aromatic carbocycles. The summed E-state index contributed by atoms with van der Waals surface area (Å²) in [5.74, 6) is 0.120. The summed E-state index contributed by atoms with van der Waals surface area (Å²) in [6.45, 7) is 6.52. The summed E-state index contributed by atoms with van der Waals surface area (Å²) in [6, 6.07) is 1.18. The van der Waals surface area contributed by atoms with Gasteiger partial charge in [0.2, 0.25) is 5.91 Å². The van der Waals surface area contributed by atoms with E-state index in [4.69, 9.17) is 0 Å². The van der Waals surface area contributed by atoms with Crippen molar-refractivity contribution in [3.05, 3.63) is 0 Å². The molecular formula is C14H27N3O. The van der Waals surface area contributed by atoms with Gasteiger partial charge in [0.05, 0.1) is 0 Å². The quantitative estimate of drug-likeness (QED) is 0.799. The van der Waals surface area contributed by atoms with E-state index in [1.54, 1.807) is 6.92 Å². The Bertz CT molecular complexity index is 274. The number of amides is 1. The predicted octanol–water partition coefficient (Wildman–Crippen LogP) is 1.07. The highest BCUT2D eigenvalue weighted by atomic mass is 16.1. The van der Waals surface area contributed by atoms with E-state index in [2.05, 4.69) is 22.2 Å². The molecule has 2 fully saturated rings. The summed E-state index contributed by atoms with van der Waals surface area (Å²) < 4.78 is 0. The van der Waals surface area contributed by atoms with E-state index < -0.39 is 0 Å². The summed E-state index contributed by atoms with van der Waals surface area (Å²) in [5, 5.41) is 3.06. The summed E-state index contributed by atoms with van der Waals surface area (Å²) in [5.41, 5.74) is 0. The Morgan fingerprint density at radius 1 is 1.06 bits per heavy atom. The van der Waals surface area contributed by atoms with Crippen molar-refractivity contribution in [2.45, 2.75) is 51.1 Å². The molecule has 2 aliphatic rings. The second kappa shape index (κ2) is 6.53. The van der Waals surface area contributed by atoms with Gasteiger partial charge in [0.25, 0.3) is 0 Å². The van der Waals surface area contributed by atoms with E-state index in [1.807, 2.05) is 0 Å². The molecule has 1 heterocycles. The van der Waals surface area contributed by atoms with Crippen LogP contribution in [0.1, 0.15) is 39.0 Å². The van der Waals surface area contributed by atoms with Crippen molar-refractivity contribution in [2.75, 3.05) is 33.2 Å². The maximum absolute atomic E-state index is 11.0. The van der Waals surface area contributed by atoms with E-state index in [-0.39, 0.29) is 5.91 Å². The lowest BCUT2D eigenvalue weighted by Gasteiger charge is -2.36. The van der Waals surface area contributed by atoms with Crippen molar-refractivity contribution in [1.29, 1.82) is 0 Å². The first kappa shape index (κ1) is 13.8. The van der Waals surface area contributed by atoms with Crippen molar-refractivity contribution in [3.8, 4) is 0 Å². The van der Waals surface area contributed by atoms with Gasteiger partial charge < -0.3 is 10.2 Å². The number of hydrogen-bond acceptors (Lipinski definition) is 3. The van der Waals surface area contributed by atoms with Crippen LogP contribution in [0.15, 0.2) is 0 Å². The number of carbonyl (C=O) groups excluding carboxylic acids is 1. The van der Waals surface area contributed by atoms with Crippen LogP contribution in [0, 0.1) is 0 Å². The third-order valence-electron chi connectivity index (χ3n) is 4.37. The summed E-state index contributed by atoms with van der Waals surface area (Å²) in [4.78, 5) is 16.2. The number of nitrogens with zero attached hydrogens (tertiary/aromatic N) is 2. The average molecular weight is 253 g/mol. The fourth-order valence-corrected chi connectivity index (χ4v) is 3.30. The largest absolute Gasteiger partial charge is 0.354 e. The van der Waals surface area contributed by atoms with Crippen molar-refractivity contribution < 1.29 is 4.79 Å². The normalized spacial score (nSPS) is 31.9. The van der Waals surface area contributed by atoms with Crippen LogP contribution in [0.25, 0.3) is 0 Å². The van der Waals surface area contributed by atoms with Crippen LogP contribution < -0.4 is 5.32 Å². The van der Waals surface area contributed by atoms with E-state index in [9.17, 15) is 4.79 Å². The van der Waals surface area contributed by atoms with Crippen LogP contribution in [0.2, 0.25) is 0 Å². The highest BCUT2D eigenvalue weighted by Gasteiger charge is 2.26. The van der Waals surface area contributed by atoms with E-state index in [0.717, 1.165) is 18.9 Å². The monoisotopic (exact) mass is 253 g/mol. The van der Waals surface area contributed by atoms with Crippen LogP contribution in [0.3, 0.4) is 0 Å². The molecule has 0 aromatic rings. The van der Waals surface area contributed by atoms with E-state index in [1.165, 1.54) is 45.4 Å². The van der Waals surface area contributed by atoms with Gasteiger partial charge in [0.15, 0.2) is 0 Å². The molecular weight excluding hydrogens is 226 g/mol. The maximum atomic E-state index is 11.0. The Labute approximate surface area is 111 Å². The molecule has 4 nitrogen and oxygen atoms in total. The number of rotatable bonds is 2. The molecule has 0 spiro atoms.